The Kier molecular flexibility index (Phi) is 4.14. The van der Waals surface area contributed by atoms with Crippen molar-refractivity contribution in [3.63, 3.8) is 0 Å². The van der Waals surface area contributed by atoms with Crippen LogP contribution >= 0.6 is 0 Å². The Morgan fingerprint density at radius 3 is 2.74 bits per heavy atom. The molecule has 1 N–H and O–H groups in total. The second kappa shape index (κ2) is 5.65. The maximum atomic E-state index is 13.0. The predicted octanol–water partition coefficient (Wildman–Crippen LogP) is 1.85. The molecule has 0 atom stereocenters. The minimum atomic E-state index is -0.638. The first-order valence-corrected chi connectivity index (χ1v) is 6.62. The van der Waals surface area contributed by atoms with E-state index in [1.54, 1.807) is 4.90 Å². The van der Waals surface area contributed by atoms with E-state index < -0.39 is 5.95 Å². The molecule has 0 aromatic carbocycles. The van der Waals surface area contributed by atoms with Crippen molar-refractivity contribution in [3.8, 4) is 0 Å². The molecule has 1 amide bonds. The van der Waals surface area contributed by atoms with Gasteiger partial charge in [-0.1, -0.05) is 6.92 Å². The second-order valence-electron chi connectivity index (χ2n) is 5.17. The first kappa shape index (κ1) is 13.9. The maximum absolute atomic E-state index is 13.0. The van der Waals surface area contributed by atoms with E-state index in [0.29, 0.717) is 18.7 Å². The summed E-state index contributed by atoms with van der Waals surface area (Å²) in [6, 6.07) is 2.69. The van der Waals surface area contributed by atoms with Crippen LogP contribution in [0.25, 0.3) is 0 Å². The molecule has 4 nitrogen and oxygen atoms in total. The van der Waals surface area contributed by atoms with Crippen LogP contribution in [0.3, 0.4) is 0 Å². The highest BCUT2D eigenvalue weighted by atomic mass is 19.1. The van der Waals surface area contributed by atoms with Crippen LogP contribution in [-0.4, -0.2) is 40.6 Å². The number of nitrogens with zero attached hydrogens (tertiary/aromatic N) is 2. The monoisotopic (exact) mass is 266 g/mol. The summed E-state index contributed by atoms with van der Waals surface area (Å²) in [6.07, 6.45) is 3.80. The zero-order chi connectivity index (χ0) is 13.9. The summed E-state index contributed by atoms with van der Waals surface area (Å²) in [5, 5.41) is 9.46. The number of hydrogen-bond acceptors (Lipinski definition) is 3. The Balaban J connectivity index is 2.04. The molecule has 0 spiro atoms. The van der Waals surface area contributed by atoms with Gasteiger partial charge >= 0.3 is 0 Å². The van der Waals surface area contributed by atoms with Gasteiger partial charge in [0.1, 0.15) is 0 Å². The topological polar surface area (TPSA) is 53.4 Å². The number of amides is 1. The molecular weight excluding hydrogens is 247 g/mol. The summed E-state index contributed by atoms with van der Waals surface area (Å²) in [6.45, 7) is 3.44. The van der Waals surface area contributed by atoms with Crippen molar-refractivity contribution in [2.24, 2.45) is 5.41 Å². The van der Waals surface area contributed by atoms with Crippen LogP contribution in [0.5, 0.6) is 0 Å². The Labute approximate surface area is 112 Å². The standard InChI is InChI=1S/C14H19FN2O2/c1-2-14(10-18)4-7-17(8-5-14)13(19)11-3-6-16-12(15)9-11/h3,6,9,18H,2,4-5,7-8,10H2,1H3. The van der Waals surface area contributed by atoms with E-state index in [-0.39, 0.29) is 17.9 Å². The van der Waals surface area contributed by atoms with Gasteiger partial charge in [-0.15, -0.1) is 0 Å². The number of halogens is 1. The fraction of sp³-hybridized carbons (Fsp3) is 0.571. The van der Waals surface area contributed by atoms with Crippen molar-refractivity contribution >= 4 is 5.91 Å². The third-order valence-corrected chi connectivity index (χ3v) is 4.17. The maximum Gasteiger partial charge on any atom is 0.254 e. The van der Waals surface area contributed by atoms with E-state index in [9.17, 15) is 14.3 Å². The highest BCUT2D eigenvalue weighted by molar-refractivity contribution is 5.94. The summed E-state index contributed by atoms with van der Waals surface area (Å²) in [5.74, 6) is -0.801. The normalized spacial score (nSPS) is 18.4. The smallest absolute Gasteiger partial charge is 0.254 e. The third kappa shape index (κ3) is 2.92. The van der Waals surface area contributed by atoms with E-state index in [0.717, 1.165) is 25.3 Å². The quantitative estimate of drug-likeness (QED) is 0.849. The molecule has 104 valence electrons. The molecule has 5 heteroatoms. The molecule has 1 aromatic rings. The number of aliphatic hydroxyl groups is 1. The van der Waals surface area contributed by atoms with Gasteiger partial charge in [-0.2, -0.15) is 4.39 Å². The Bertz CT molecular complexity index is 451. The van der Waals surface area contributed by atoms with Gasteiger partial charge in [0, 0.05) is 37.5 Å². The number of pyridine rings is 1. The molecule has 0 aliphatic carbocycles. The first-order valence-electron chi connectivity index (χ1n) is 6.62. The Hall–Kier alpha value is -1.49. The minimum Gasteiger partial charge on any atom is -0.396 e. The number of aliphatic hydroxyl groups excluding tert-OH is 1. The fourth-order valence-corrected chi connectivity index (χ4v) is 2.53. The molecule has 1 aromatic heterocycles. The molecule has 2 heterocycles. The molecule has 1 fully saturated rings. The average molecular weight is 266 g/mol. The van der Waals surface area contributed by atoms with E-state index in [1.807, 2.05) is 0 Å². The van der Waals surface area contributed by atoms with Crippen molar-refractivity contribution in [1.82, 2.24) is 9.88 Å². The molecule has 1 aliphatic rings. The van der Waals surface area contributed by atoms with Crippen LogP contribution in [0, 0.1) is 11.4 Å². The molecule has 1 saturated heterocycles. The highest BCUT2D eigenvalue weighted by Gasteiger charge is 2.34. The number of hydrogen-bond donors (Lipinski definition) is 1. The number of rotatable bonds is 3. The van der Waals surface area contributed by atoms with Crippen LogP contribution in [0.2, 0.25) is 0 Å². The number of likely N-dealkylation sites (tertiary alicyclic amines) is 1. The number of piperidine rings is 1. The molecule has 19 heavy (non-hydrogen) atoms. The predicted molar refractivity (Wildman–Crippen MR) is 69.1 cm³/mol. The van der Waals surface area contributed by atoms with Crippen molar-refractivity contribution in [2.45, 2.75) is 26.2 Å². The molecule has 0 unspecified atom stereocenters. The first-order chi connectivity index (χ1) is 9.10. The zero-order valence-corrected chi connectivity index (χ0v) is 11.1. The number of carbonyl (C=O) groups is 1. The van der Waals surface area contributed by atoms with Crippen molar-refractivity contribution < 1.29 is 14.3 Å². The molecule has 0 radical (unpaired) electrons. The largest absolute Gasteiger partial charge is 0.396 e. The van der Waals surface area contributed by atoms with Crippen LogP contribution in [-0.2, 0) is 0 Å². The van der Waals surface area contributed by atoms with Gasteiger partial charge < -0.3 is 10.0 Å². The second-order valence-corrected chi connectivity index (χ2v) is 5.17. The molecule has 0 saturated carbocycles. The SMILES string of the molecule is CCC1(CO)CCN(C(=O)c2ccnc(F)c2)CC1. The van der Waals surface area contributed by atoms with Crippen LogP contribution in [0.4, 0.5) is 4.39 Å². The van der Waals surface area contributed by atoms with Gasteiger partial charge in [0.2, 0.25) is 5.95 Å². The van der Waals surface area contributed by atoms with Crippen molar-refractivity contribution in [1.29, 1.82) is 0 Å². The van der Waals surface area contributed by atoms with E-state index in [1.165, 1.54) is 12.3 Å². The van der Waals surface area contributed by atoms with Gasteiger partial charge in [-0.25, -0.2) is 4.98 Å². The van der Waals surface area contributed by atoms with Gasteiger partial charge in [0.05, 0.1) is 0 Å². The fourth-order valence-electron chi connectivity index (χ4n) is 2.53. The van der Waals surface area contributed by atoms with Gasteiger partial charge in [-0.3, -0.25) is 4.79 Å². The average Bonchev–Trinajstić information content (AvgIpc) is 2.46. The van der Waals surface area contributed by atoms with E-state index in [4.69, 9.17) is 0 Å². The number of carbonyl (C=O) groups excluding carboxylic acids is 1. The highest BCUT2D eigenvalue weighted by Crippen LogP contribution is 2.34. The van der Waals surface area contributed by atoms with Gasteiger partial charge in [0.15, 0.2) is 0 Å². The molecular formula is C14H19FN2O2. The van der Waals surface area contributed by atoms with E-state index >= 15 is 0 Å². The summed E-state index contributed by atoms with van der Waals surface area (Å²) in [7, 11) is 0. The summed E-state index contributed by atoms with van der Waals surface area (Å²) >= 11 is 0. The van der Waals surface area contributed by atoms with Crippen molar-refractivity contribution in [2.75, 3.05) is 19.7 Å². The lowest BCUT2D eigenvalue weighted by atomic mass is 9.77. The summed E-state index contributed by atoms with van der Waals surface area (Å²) < 4.78 is 13.0. The van der Waals surface area contributed by atoms with Crippen molar-refractivity contribution in [3.05, 3.63) is 29.8 Å². The molecule has 2 rings (SSSR count). The van der Waals surface area contributed by atoms with Crippen LogP contribution in [0.15, 0.2) is 18.3 Å². The lowest BCUT2D eigenvalue weighted by molar-refractivity contribution is 0.0338. The lowest BCUT2D eigenvalue weighted by Crippen LogP contribution is -2.44. The zero-order valence-electron chi connectivity index (χ0n) is 11.1. The van der Waals surface area contributed by atoms with Crippen LogP contribution in [0.1, 0.15) is 36.5 Å². The third-order valence-electron chi connectivity index (χ3n) is 4.17. The Morgan fingerprint density at radius 1 is 1.53 bits per heavy atom. The minimum absolute atomic E-state index is 0.0553. The molecule has 1 aliphatic heterocycles. The number of aromatic nitrogens is 1. The lowest BCUT2D eigenvalue weighted by Gasteiger charge is -2.40. The molecule has 0 bridgehead atoms. The van der Waals surface area contributed by atoms with Gasteiger partial charge in [-0.05, 0) is 30.7 Å². The summed E-state index contributed by atoms with van der Waals surface area (Å²) in [4.78, 5) is 17.4. The Morgan fingerprint density at radius 2 is 2.21 bits per heavy atom. The van der Waals surface area contributed by atoms with Crippen LogP contribution < -0.4 is 0 Å². The van der Waals surface area contributed by atoms with Gasteiger partial charge in [0.25, 0.3) is 5.91 Å². The summed E-state index contributed by atoms with van der Waals surface area (Å²) in [5.41, 5.74) is 0.279. The van der Waals surface area contributed by atoms with E-state index in [2.05, 4.69) is 11.9 Å².